The molecule has 58 heavy (non-hydrogen) atoms. The average Bonchev–Trinajstić information content (AvgIpc) is 3.23. The molecule has 6 rings (SSSR count). The fourth-order valence-corrected chi connectivity index (χ4v) is 2.71. The quantitative estimate of drug-likeness (QED) is 0.169. The van der Waals surface area contributed by atoms with Crippen LogP contribution in [0.3, 0.4) is 0 Å². The lowest BCUT2D eigenvalue weighted by molar-refractivity contribution is 0.475. The topological polar surface area (TPSA) is 106 Å². The Bertz CT molecular complexity index is 1400. The molecule has 6 nitrogen and oxygen atoms in total. The number of ether oxygens (including phenoxy) is 2. The Balaban J connectivity index is -0.000000132. The van der Waals surface area contributed by atoms with E-state index in [4.69, 9.17) is 20.7 Å². The maximum atomic E-state index is 8.63. The predicted molar refractivity (Wildman–Crippen MR) is 252 cm³/mol. The highest BCUT2D eigenvalue weighted by Crippen LogP contribution is 2.07. The molecule has 0 aliphatic heterocycles. The number of rotatable bonds is 2. The van der Waals surface area contributed by atoms with Gasteiger partial charge in [-0.05, 0) is 48.5 Å². The molecule has 2 N–H and O–H groups in total. The van der Waals surface area contributed by atoms with E-state index in [0.717, 1.165) is 0 Å². The van der Waals surface area contributed by atoms with E-state index in [1.54, 1.807) is 85.3 Å². The molecule has 0 aliphatic carbocycles. The number of phenolic OH excluding ortho intramolecular Hbond substituents is 2. The zero-order chi connectivity index (χ0) is 42.6. The molecule has 0 heterocycles. The molecule has 316 valence electrons. The van der Waals surface area contributed by atoms with Crippen molar-refractivity contribution in [1.29, 1.82) is 10.5 Å². The van der Waals surface area contributed by atoms with Crippen molar-refractivity contribution in [2.24, 2.45) is 0 Å². The Labute approximate surface area is 354 Å². The molecule has 0 bridgehead atoms. The smallest absolute Gasteiger partial charge is 0.292 e. The van der Waals surface area contributed by atoms with Crippen LogP contribution in [0.1, 0.15) is 95.9 Å². The average molecular weight is 791 g/mol. The summed E-state index contributed by atoms with van der Waals surface area (Å²) in [5, 5.41) is 33.4. The number of phenols is 2. The molecule has 0 aliphatic rings. The molecule has 0 radical (unpaired) electrons. The molecule has 6 heteroatoms. The van der Waals surface area contributed by atoms with Crippen molar-refractivity contribution in [3.8, 4) is 35.5 Å². The summed E-state index contributed by atoms with van der Waals surface area (Å²) in [6.07, 6.45) is 8.17. The van der Waals surface area contributed by atoms with E-state index in [2.05, 4.69) is 64.9 Å². The third-order valence-electron chi connectivity index (χ3n) is 4.66. The van der Waals surface area contributed by atoms with Crippen molar-refractivity contribution in [3.05, 3.63) is 194 Å². The van der Waals surface area contributed by atoms with Crippen LogP contribution in [0.4, 0.5) is 0 Å². The molecular weight excluding hydrogens is 717 g/mol. The molecule has 0 saturated heterocycles. The summed E-state index contributed by atoms with van der Waals surface area (Å²) in [6, 6.07) is 59.3. The first kappa shape index (κ1) is 63.4. The minimum absolute atomic E-state index is 0. The number of aromatic hydroxyl groups is 2. The summed E-state index contributed by atoms with van der Waals surface area (Å²) in [5.74, 6) is 1.81. The Morgan fingerprint density at radius 3 is 0.586 bits per heavy atom. The lowest BCUT2D eigenvalue weighted by atomic mass is 10.3. The summed E-state index contributed by atoms with van der Waals surface area (Å²) in [7, 11) is 0. The highest BCUT2D eigenvalue weighted by molar-refractivity contribution is 5.23. The van der Waals surface area contributed by atoms with Gasteiger partial charge in [0, 0.05) is 0 Å². The van der Waals surface area contributed by atoms with E-state index < -0.39 is 0 Å². The first-order valence-corrected chi connectivity index (χ1v) is 19.0. The second-order valence-corrected chi connectivity index (χ2v) is 10.8. The van der Waals surface area contributed by atoms with Gasteiger partial charge in [-0.1, -0.05) is 242 Å². The van der Waals surface area contributed by atoms with Crippen molar-refractivity contribution in [2.75, 3.05) is 0 Å². The Hall–Kier alpha value is -6.50. The largest absolute Gasteiger partial charge is 0.508 e. The van der Waals surface area contributed by atoms with Gasteiger partial charge >= 0.3 is 0 Å². The molecule has 0 saturated carbocycles. The summed E-state index contributed by atoms with van der Waals surface area (Å²) in [6.45, 7) is 17.0. The normalized spacial score (nSPS) is 7.41. The molecule has 0 aromatic heterocycles. The second kappa shape index (κ2) is 59.8. The number of benzene rings is 6. The third-order valence-corrected chi connectivity index (χ3v) is 4.66. The maximum absolute atomic E-state index is 8.63. The zero-order valence-electron chi connectivity index (χ0n) is 34.9. The van der Waals surface area contributed by atoms with Crippen molar-refractivity contribution in [2.45, 2.75) is 95.9 Å². The molecule has 0 atom stereocenters. The van der Waals surface area contributed by atoms with Gasteiger partial charge in [0.2, 0.25) is 0 Å². The summed E-state index contributed by atoms with van der Waals surface area (Å²) in [5.41, 5.74) is 0. The molecule has 0 unspecified atom stereocenters. The van der Waals surface area contributed by atoms with Gasteiger partial charge < -0.3 is 19.7 Å². The fraction of sp³-hybridized carbons (Fsp3) is 0.269. The van der Waals surface area contributed by atoms with Gasteiger partial charge in [-0.15, -0.1) is 10.5 Å². The van der Waals surface area contributed by atoms with E-state index >= 15 is 0 Å². The Morgan fingerprint density at radius 1 is 0.328 bits per heavy atom. The number of para-hydroxylation sites is 4. The van der Waals surface area contributed by atoms with Crippen LogP contribution < -0.4 is 9.47 Å². The van der Waals surface area contributed by atoms with E-state index in [1.165, 1.54) is 25.7 Å². The Morgan fingerprint density at radius 2 is 0.466 bits per heavy atom. The van der Waals surface area contributed by atoms with Crippen molar-refractivity contribution in [1.82, 2.24) is 0 Å². The van der Waals surface area contributed by atoms with Crippen LogP contribution in [0.15, 0.2) is 194 Å². The second-order valence-electron chi connectivity index (χ2n) is 10.8. The minimum atomic E-state index is 0. The van der Waals surface area contributed by atoms with Crippen molar-refractivity contribution >= 4 is 0 Å². The molecule has 0 amide bonds. The van der Waals surface area contributed by atoms with Crippen LogP contribution in [0.25, 0.3) is 0 Å². The van der Waals surface area contributed by atoms with E-state index in [-0.39, 0.29) is 14.9 Å². The van der Waals surface area contributed by atoms with Gasteiger partial charge in [0.05, 0.1) is 0 Å². The standard InChI is InChI=1S/2C7H5NO.2C6H6O.2C6H6.4C3H8.2CH4/c2*8-6-9-7-4-2-1-3-5-7;2*7-6-4-2-1-3-5-6;2*1-2-4-6-5-3-1;4*1-3-2;;/h2*1-5H;2*1-5,7H;2*1-6H;4*3H2,1-2H3;2*1H4. The van der Waals surface area contributed by atoms with Gasteiger partial charge in [-0.2, -0.15) is 0 Å². The monoisotopic (exact) mass is 791 g/mol. The Kier molecular flexibility index (Phi) is 65.4. The van der Waals surface area contributed by atoms with Crippen LogP contribution in [-0.2, 0) is 0 Å². The van der Waals surface area contributed by atoms with Crippen LogP contribution in [-0.4, -0.2) is 10.2 Å². The van der Waals surface area contributed by atoms with E-state index in [0.29, 0.717) is 23.0 Å². The highest BCUT2D eigenvalue weighted by atomic mass is 16.5. The molecule has 0 fully saturated rings. The number of hydrogen-bond donors (Lipinski definition) is 2. The summed E-state index contributed by atoms with van der Waals surface area (Å²) in [4.78, 5) is 0. The first-order valence-electron chi connectivity index (χ1n) is 19.0. The minimum Gasteiger partial charge on any atom is -0.508 e. The molecule has 6 aromatic carbocycles. The summed E-state index contributed by atoms with van der Waals surface area (Å²) < 4.78 is 9.02. The van der Waals surface area contributed by atoms with Crippen LogP contribution in [0.2, 0.25) is 0 Å². The van der Waals surface area contributed by atoms with Crippen LogP contribution in [0, 0.1) is 23.0 Å². The third kappa shape index (κ3) is 61.5. The van der Waals surface area contributed by atoms with Gasteiger partial charge in [-0.25, -0.2) is 0 Å². The SMILES string of the molecule is C.C.CCC.CCC.CCC.CCC.N#COc1ccccc1.N#COc1ccccc1.Oc1ccccc1.Oc1ccccc1.c1ccccc1.c1ccccc1. The number of hydrogen-bond acceptors (Lipinski definition) is 6. The van der Waals surface area contributed by atoms with Crippen molar-refractivity contribution in [3.63, 3.8) is 0 Å². The molecule has 0 spiro atoms. The van der Waals surface area contributed by atoms with Crippen LogP contribution in [0.5, 0.6) is 23.0 Å². The first-order chi connectivity index (χ1) is 27.3. The predicted octanol–water partition coefficient (Wildman–Crippen LogP) is 16.2. The van der Waals surface area contributed by atoms with Gasteiger partial charge in [0.1, 0.15) is 23.0 Å². The molecule has 6 aromatic rings. The van der Waals surface area contributed by atoms with Crippen LogP contribution >= 0.6 is 0 Å². The van der Waals surface area contributed by atoms with Gasteiger partial charge in [0.25, 0.3) is 12.5 Å². The van der Waals surface area contributed by atoms with Crippen molar-refractivity contribution < 1.29 is 19.7 Å². The zero-order valence-corrected chi connectivity index (χ0v) is 34.9. The fourth-order valence-electron chi connectivity index (χ4n) is 2.71. The summed E-state index contributed by atoms with van der Waals surface area (Å²) >= 11 is 0. The lowest BCUT2D eigenvalue weighted by Crippen LogP contribution is -1.78. The maximum Gasteiger partial charge on any atom is 0.292 e. The lowest BCUT2D eigenvalue weighted by Gasteiger charge is -1.89. The van der Waals surface area contributed by atoms with E-state index in [9.17, 15) is 0 Å². The van der Waals surface area contributed by atoms with Gasteiger partial charge in [0.15, 0.2) is 0 Å². The number of nitriles is 2. The highest BCUT2D eigenvalue weighted by Gasteiger charge is 1.85. The number of nitrogens with zero attached hydrogens (tertiary/aromatic N) is 2. The molecular formula is C52H74N2O4. The van der Waals surface area contributed by atoms with E-state index in [1.807, 2.05) is 121 Å². The van der Waals surface area contributed by atoms with Gasteiger partial charge in [-0.3, -0.25) is 0 Å².